The van der Waals surface area contributed by atoms with Crippen LogP contribution in [-0.4, -0.2) is 69.0 Å². The number of rotatable bonds is 27. The third kappa shape index (κ3) is 20.4. The molecule has 0 radical (unpaired) electrons. The van der Waals surface area contributed by atoms with Gasteiger partial charge in [0.2, 0.25) is 0 Å². The molecule has 4 atom stereocenters. The van der Waals surface area contributed by atoms with Gasteiger partial charge in [-0.15, -0.1) is 0 Å². The predicted molar refractivity (Wildman–Crippen MR) is 173 cm³/mol. The van der Waals surface area contributed by atoms with Gasteiger partial charge in [0.15, 0.2) is 0 Å². The van der Waals surface area contributed by atoms with Crippen LogP contribution < -0.4 is 0 Å². The molecule has 0 bridgehead atoms. The van der Waals surface area contributed by atoms with Crippen LogP contribution in [0.4, 0.5) is 0 Å². The second kappa shape index (κ2) is 21.5. The second-order valence-electron chi connectivity index (χ2n) is 13.3. The highest BCUT2D eigenvalue weighted by molar-refractivity contribution is 7.47. The molecule has 1 aliphatic rings. The van der Waals surface area contributed by atoms with E-state index in [1.54, 1.807) is 0 Å². The standard InChI is InChI=1S/C34H60NO7P/c1-5-6-7-16-21-31-26-32(31)22-17-11-9-8-10-12-18-23-34(36)40-28-33(39-27-30-19-14-13-15-20-30)29-42-43(37,38)41-25-24-35(2,3)4/h13-15,19-20,31-33H,5-12,16-18,21-29H2,1-4H3/p+1/t31-,32+,33-/m1/s1. The van der Waals surface area contributed by atoms with Crippen LogP contribution in [-0.2, 0) is 34.5 Å². The van der Waals surface area contributed by atoms with Gasteiger partial charge < -0.3 is 18.9 Å². The van der Waals surface area contributed by atoms with Gasteiger partial charge in [-0.05, 0) is 30.2 Å². The van der Waals surface area contributed by atoms with Gasteiger partial charge in [0.1, 0.15) is 25.9 Å². The van der Waals surface area contributed by atoms with E-state index in [-0.39, 0.29) is 32.4 Å². The predicted octanol–water partition coefficient (Wildman–Crippen LogP) is 8.07. The van der Waals surface area contributed by atoms with E-state index in [0.717, 1.165) is 36.7 Å². The first-order valence-corrected chi connectivity index (χ1v) is 18.3. The van der Waals surface area contributed by atoms with E-state index in [2.05, 4.69) is 6.92 Å². The van der Waals surface area contributed by atoms with Crippen molar-refractivity contribution in [1.82, 2.24) is 0 Å². The summed E-state index contributed by atoms with van der Waals surface area (Å²) in [6.07, 6.45) is 17.8. The largest absolute Gasteiger partial charge is 0.472 e. The molecule has 0 heterocycles. The van der Waals surface area contributed by atoms with Crippen molar-refractivity contribution in [1.29, 1.82) is 0 Å². The molecule has 9 heteroatoms. The van der Waals surface area contributed by atoms with E-state index < -0.39 is 13.9 Å². The second-order valence-corrected chi connectivity index (χ2v) is 14.8. The number of likely N-dealkylation sites (N-methyl/N-ethyl adjacent to an activating group) is 1. The molecule has 1 aromatic rings. The van der Waals surface area contributed by atoms with Crippen molar-refractivity contribution in [3.05, 3.63) is 35.9 Å². The Morgan fingerprint density at radius 3 is 2.12 bits per heavy atom. The Labute approximate surface area is 262 Å². The summed E-state index contributed by atoms with van der Waals surface area (Å²) in [5, 5.41) is 0. The highest BCUT2D eigenvalue weighted by atomic mass is 31.2. The monoisotopic (exact) mass is 626 g/mol. The molecular formula is C34H61NO7P+. The SMILES string of the molecule is CCCCCC[C@@H]1C[C@@H]1CCCCCCCCCC(=O)OC[C@H](COP(=O)(O)OCC[N+](C)(C)C)OCc1ccccc1. The number of carbonyl (C=O) groups is 1. The summed E-state index contributed by atoms with van der Waals surface area (Å²) < 4.78 is 34.6. The van der Waals surface area contributed by atoms with Crippen LogP contribution in [0.5, 0.6) is 0 Å². The summed E-state index contributed by atoms with van der Waals surface area (Å²) in [7, 11) is 1.65. The maximum Gasteiger partial charge on any atom is 0.472 e. The smallest absolute Gasteiger partial charge is 0.463 e. The number of hydrogen-bond acceptors (Lipinski definition) is 6. The molecule has 1 unspecified atom stereocenters. The van der Waals surface area contributed by atoms with Crippen LogP contribution in [0.3, 0.4) is 0 Å². The van der Waals surface area contributed by atoms with Crippen molar-refractivity contribution >= 4 is 13.8 Å². The fraction of sp³-hybridized carbons (Fsp3) is 0.794. The molecular weight excluding hydrogens is 565 g/mol. The molecule has 0 aromatic heterocycles. The average Bonchev–Trinajstić information content (AvgIpc) is 3.71. The van der Waals surface area contributed by atoms with Crippen LogP contribution in [0.2, 0.25) is 0 Å². The third-order valence-corrected chi connectivity index (χ3v) is 9.14. The number of benzene rings is 1. The van der Waals surface area contributed by atoms with E-state index in [1.165, 1.54) is 70.6 Å². The topological polar surface area (TPSA) is 91.3 Å². The lowest BCUT2D eigenvalue weighted by Crippen LogP contribution is -2.37. The molecule has 0 amide bonds. The number of esters is 1. The molecule has 2 rings (SSSR count). The lowest BCUT2D eigenvalue weighted by molar-refractivity contribution is -0.870. The van der Waals surface area contributed by atoms with Crippen molar-refractivity contribution in [3.63, 3.8) is 0 Å². The minimum atomic E-state index is -4.25. The zero-order chi connectivity index (χ0) is 31.4. The number of hydrogen-bond donors (Lipinski definition) is 1. The van der Waals surface area contributed by atoms with Crippen LogP contribution >= 0.6 is 7.82 Å². The van der Waals surface area contributed by atoms with E-state index in [9.17, 15) is 14.3 Å². The molecule has 1 fully saturated rings. The maximum absolute atomic E-state index is 12.4. The van der Waals surface area contributed by atoms with Gasteiger partial charge in [-0.3, -0.25) is 13.8 Å². The number of carbonyl (C=O) groups excluding carboxylic acids is 1. The molecule has 0 spiro atoms. The fourth-order valence-corrected chi connectivity index (χ4v) is 5.99. The quantitative estimate of drug-likeness (QED) is 0.0457. The van der Waals surface area contributed by atoms with E-state index in [1.807, 2.05) is 51.5 Å². The summed E-state index contributed by atoms with van der Waals surface area (Å²) in [4.78, 5) is 22.5. The first-order valence-electron chi connectivity index (χ1n) is 16.8. The number of ether oxygens (including phenoxy) is 2. The summed E-state index contributed by atoms with van der Waals surface area (Å²) in [5.41, 5.74) is 0.944. The molecule has 43 heavy (non-hydrogen) atoms. The highest BCUT2D eigenvalue weighted by Crippen LogP contribution is 2.46. The zero-order valence-corrected chi connectivity index (χ0v) is 28.4. The average molecular weight is 627 g/mol. The highest BCUT2D eigenvalue weighted by Gasteiger charge is 2.35. The lowest BCUT2D eigenvalue weighted by atomic mass is 10.0. The van der Waals surface area contributed by atoms with Crippen LogP contribution in [0, 0.1) is 11.8 Å². The Morgan fingerprint density at radius 1 is 0.884 bits per heavy atom. The van der Waals surface area contributed by atoms with Gasteiger partial charge in [0, 0.05) is 6.42 Å². The van der Waals surface area contributed by atoms with Crippen LogP contribution in [0.1, 0.15) is 109 Å². The summed E-state index contributed by atoms with van der Waals surface area (Å²) in [6.45, 7) is 2.91. The van der Waals surface area contributed by atoms with Gasteiger partial charge in [0.05, 0.1) is 34.4 Å². The molecule has 1 aromatic carbocycles. The number of unbranched alkanes of at least 4 members (excludes halogenated alkanes) is 9. The van der Waals surface area contributed by atoms with Crippen molar-refractivity contribution < 1.29 is 37.3 Å². The molecule has 1 aliphatic carbocycles. The number of phosphoric ester groups is 1. The first-order chi connectivity index (χ1) is 20.6. The maximum atomic E-state index is 12.4. The summed E-state index contributed by atoms with van der Waals surface area (Å²) in [6, 6.07) is 9.59. The Balaban J connectivity index is 1.56. The molecule has 8 nitrogen and oxygen atoms in total. The number of phosphoric acid groups is 1. The van der Waals surface area contributed by atoms with Crippen molar-refractivity contribution in [2.45, 2.75) is 116 Å². The zero-order valence-electron chi connectivity index (χ0n) is 27.6. The van der Waals surface area contributed by atoms with E-state index >= 15 is 0 Å². The Hall–Kier alpha value is -1.28. The minimum absolute atomic E-state index is 0.0505. The van der Waals surface area contributed by atoms with Gasteiger partial charge >= 0.3 is 13.8 Å². The molecule has 0 saturated heterocycles. The molecule has 248 valence electrons. The molecule has 0 aliphatic heterocycles. The molecule has 1 N–H and O–H groups in total. The number of quaternary nitrogens is 1. The van der Waals surface area contributed by atoms with Gasteiger partial charge in [0.25, 0.3) is 0 Å². The van der Waals surface area contributed by atoms with Gasteiger partial charge in [-0.25, -0.2) is 4.57 Å². The van der Waals surface area contributed by atoms with E-state index in [4.69, 9.17) is 18.5 Å². The number of nitrogens with zero attached hydrogens (tertiary/aromatic N) is 1. The van der Waals surface area contributed by atoms with Crippen molar-refractivity contribution in [3.8, 4) is 0 Å². The Morgan fingerprint density at radius 2 is 1.49 bits per heavy atom. The Bertz CT molecular complexity index is 908. The van der Waals surface area contributed by atoms with Crippen molar-refractivity contribution in [2.24, 2.45) is 11.8 Å². The Kier molecular flexibility index (Phi) is 18.9. The van der Waals surface area contributed by atoms with Gasteiger partial charge in [-0.1, -0.05) is 114 Å². The third-order valence-electron chi connectivity index (χ3n) is 8.15. The summed E-state index contributed by atoms with van der Waals surface area (Å²) >= 11 is 0. The molecule has 1 saturated carbocycles. The van der Waals surface area contributed by atoms with Crippen LogP contribution in [0.25, 0.3) is 0 Å². The summed E-state index contributed by atoms with van der Waals surface area (Å²) in [5.74, 6) is 1.76. The minimum Gasteiger partial charge on any atom is -0.463 e. The van der Waals surface area contributed by atoms with Crippen LogP contribution in [0.15, 0.2) is 30.3 Å². The van der Waals surface area contributed by atoms with Gasteiger partial charge in [-0.2, -0.15) is 0 Å². The fourth-order valence-electron chi connectivity index (χ4n) is 5.25. The van der Waals surface area contributed by atoms with Crippen molar-refractivity contribution in [2.75, 3.05) is 47.5 Å². The normalized spacial score (nSPS) is 18.7. The first kappa shape index (κ1) is 37.9. The lowest BCUT2D eigenvalue weighted by Gasteiger charge is -2.24. The van der Waals surface area contributed by atoms with E-state index in [0.29, 0.717) is 17.4 Å².